The van der Waals surface area contributed by atoms with E-state index in [2.05, 4.69) is 5.92 Å². The number of hydrogen-bond acceptors (Lipinski definition) is 2. The second kappa shape index (κ2) is 4.91. The molecule has 0 bridgehead atoms. The minimum absolute atomic E-state index is 0.0746. The molecule has 0 fully saturated rings. The normalized spacial score (nSPS) is 21.6. The molecule has 1 aromatic carbocycles. The summed E-state index contributed by atoms with van der Waals surface area (Å²) in [7, 11) is 0. The highest BCUT2D eigenvalue weighted by Crippen LogP contribution is 2.41. The van der Waals surface area contributed by atoms with E-state index in [1.165, 1.54) is 12.1 Å². The average Bonchev–Trinajstić information content (AvgIpc) is 2.34. The topological polar surface area (TPSA) is 46.5 Å². The van der Waals surface area contributed by atoms with E-state index in [1.807, 2.05) is 0 Å². The van der Waals surface area contributed by atoms with Crippen LogP contribution in [0.25, 0.3) is 0 Å². The van der Waals surface area contributed by atoms with Crippen LogP contribution in [0.2, 0.25) is 5.02 Å². The van der Waals surface area contributed by atoms with Crippen LogP contribution in [-0.4, -0.2) is 23.4 Å². The first-order chi connectivity index (χ1) is 9.24. The number of carbonyl (C=O) groups is 1. The molecule has 1 aliphatic heterocycles. The van der Waals surface area contributed by atoms with Crippen LogP contribution in [0.4, 0.5) is 13.2 Å². The summed E-state index contributed by atoms with van der Waals surface area (Å²) in [6.07, 6.45) is -2.37. The van der Waals surface area contributed by atoms with Gasteiger partial charge in [-0.1, -0.05) is 17.5 Å². The highest BCUT2D eigenvalue weighted by Gasteiger charge is 2.52. The SMILES string of the molecule is C#Cc1cc(Cl)cc2c1OC(C(F)(F)F)C(C(=O)O)C2. The van der Waals surface area contributed by atoms with Crippen LogP contribution in [0.3, 0.4) is 0 Å². The molecule has 2 rings (SSSR count). The second-order valence-corrected chi connectivity index (χ2v) is 4.75. The van der Waals surface area contributed by atoms with E-state index in [4.69, 9.17) is 27.9 Å². The Morgan fingerprint density at radius 2 is 2.15 bits per heavy atom. The van der Waals surface area contributed by atoms with Crippen molar-refractivity contribution in [2.24, 2.45) is 5.92 Å². The maximum atomic E-state index is 12.9. The fourth-order valence-electron chi connectivity index (χ4n) is 2.11. The molecule has 2 atom stereocenters. The van der Waals surface area contributed by atoms with Crippen LogP contribution in [0, 0.1) is 18.3 Å². The molecule has 0 aromatic heterocycles. The third-order valence-corrected chi connectivity index (χ3v) is 3.19. The monoisotopic (exact) mass is 304 g/mol. The lowest BCUT2D eigenvalue weighted by molar-refractivity contribution is -0.217. The Labute approximate surface area is 117 Å². The lowest BCUT2D eigenvalue weighted by atomic mass is 9.89. The highest BCUT2D eigenvalue weighted by molar-refractivity contribution is 6.30. The summed E-state index contributed by atoms with van der Waals surface area (Å²) in [6.45, 7) is 0. The molecule has 1 heterocycles. The van der Waals surface area contributed by atoms with Crippen LogP contribution < -0.4 is 4.74 Å². The van der Waals surface area contributed by atoms with Gasteiger partial charge in [-0.3, -0.25) is 4.79 Å². The van der Waals surface area contributed by atoms with E-state index in [0.29, 0.717) is 0 Å². The first-order valence-electron chi connectivity index (χ1n) is 5.49. The second-order valence-electron chi connectivity index (χ2n) is 4.31. The van der Waals surface area contributed by atoms with Gasteiger partial charge in [-0.05, 0) is 24.1 Å². The van der Waals surface area contributed by atoms with Crippen molar-refractivity contribution in [2.45, 2.75) is 18.7 Å². The van der Waals surface area contributed by atoms with E-state index < -0.39 is 24.2 Å². The molecular formula is C13H8ClF3O3. The standard InChI is InChI=1S/C13H8ClF3O3/c1-2-6-3-8(14)4-7-5-9(12(18)19)11(13(15,16)17)20-10(6)7/h1,3-4,9,11H,5H2,(H,18,19). The Bertz CT molecular complexity index is 604. The zero-order valence-electron chi connectivity index (χ0n) is 9.87. The summed E-state index contributed by atoms with van der Waals surface area (Å²) < 4.78 is 43.5. The first-order valence-corrected chi connectivity index (χ1v) is 5.87. The Kier molecular flexibility index (Phi) is 3.57. The van der Waals surface area contributed by atoms with Crippen molar-refractivity contribution in [3.05, 3.63) is 28.3 Å². The molecule has 1 N–H and O–H groups in total. The third-order valence-electron chi connectivity index (χ3n) is 2.98. The summed E-state index contributed by atoms with van der Waals surface area (Å²) >= 11 is 5.79. The van der Waals surface area contributed by atoms with Crippen LogP contribution in [0.5, 0.6) is 5.75 Å². The van der Waals surface area contributed by atoms with Gasteiger partial charge in [0.25, 0.3) is 0 Å². The van der Waals surface area contributed by atoms with Gasteiger partial charge in [0.05, 0.1) is 5.56 Å². The smallest absolute Gasteiger partial charge is 0.426 e. The number of aliphatic carboxylic acids is 1. The number of fused-ring (bicyclic) bond motifs is 1. The van der Waals surface area contributed by atoms with E-state index in [0.717, 1.165) is 0 Å². The zero-order valence-corrected chi connectivity index (χ0v) is 10.6. The zero-order chi connectivity index (χ0) is 15.1. The number of halogens is 4. The Morgan fingerprint density at radius 1 is 1.50 bits per heavy atom. The number of benzene rings is 1. The van der Waals surface area contributed by atoms with Crippen LogP contribution >= 0.6 is 11.6 Å². The number of carboxylic acid groups (broad SMARTS) is 1. The fraction of sp³-hybridized carbons (Fsp3) is 0.308. The number of ether oxygens (including phenoxy) is 1. The lowest BCUT2D eigenvalue weighted by Crippen LogP contribution is -2.47. The van der Waals surface area contributed by atoms with Gasteiger partial charge in [0.1, 0.15) is 11.7 Å². The summed E-state index contributed by atoms with van der Waals surface area (Å²) in [5.41, 5.74) is 0.337. The van der Waals surface area contributed by atoms with Crippen molar-refractivity contribution in [1.82, 2.24) is 0 Å². The Balaban J connectivity index is 2.54. The summed E-state index contributed by atoms with van der Waals surface area (Å²) in [4.78, 5) is 11.0. The largest absolute Gasteiger partial charge is 0.481 e. The summed E-state index contributed by atoms with van der Waals surface area (Å²) in [6, 6.07) is 2.66. The molecule has 0 spiro atoms. The van der Waals surface area contributed by atoms with Crippen molar-refractivity contribution in [3.63, 3.8) is 0 Å². The molecule has 106 valence electrons. The van der Waals surface area contributed by atoms with Gasteiger partial charge in [-0.2, -0.15) is 13.2 Å². The molecule has 0 saturated carbocycles. The minimum atomic E-state index is -4.80. The number of alkyl halides is 3. The minimum Gasteiger partial charge on any atom is -0.481 e. The maximum Gasteiger partial charge on any atom is 0.426 e. The van der Waals surface area contributed by atoms with Crippen LogP contribution in [0.1, 0.15) is 11.1 Å². The van der Waals surface area contributed by atoms with Gasteiger partial charge in [0.15, 0.2) is 0 Å². The van der Waals surface area contributed by atoms with Gasteiger partial charge in [0.2, 0.25) is 6.10 Å². The van der Waals surface area contributed by atoms with Crippen LogP contribution in [-0.2, 0) is 11.2 Å². The number of rotatable bonds is 1. The average molecular weight is 305 g/mol. The van der Waals surface area contributed by atoms with Gasteiger partial charge in [-0.25, -0.2) is 0 Å². The molecule has 0 amide bonds. The van der Waals surface area contributed by atoms with Gasteiger partial charge < -0.3 is 9.84 Å². The molecule has 1 aromatic rings. The number of terminal acetylenes is 1. The molecular weight excluding hydrogens is 297 g/mol. The van der Waals surface area contributed by atoms with E-state index in [1.54, 1.807) is 0 Å². The number of hydrogen-bond donors (Lipinski definition) is 1. The van der Waals surface area contributed by atoms with Crippen molar-refractivity contribution < 1.29 is 27.8 Å². The number of carboxylic acids is 1. The molecule has 20 heavy (non-hydrogen) atoms. The Hall–Kier alpha value is -1.87. The molecule has 0 aliphatic carbocycles. The quantitative estimate of drug-likeness (QED) is 0.812. The first kappa shape index (κ1) is 14.5. The maximum absolute atomic E-state index is 12.9. The lowest BCUT2D eigenvalue weighted by Gasteiger charge is -2.33. The summed E-state index contributed by atoms with van der Waals surface area (Å²) in [5.74, 6) is -1.25. The van der Waals surface area contributed by atoms with E-state index >= 15 is 0 Å². The molecule has 1 aliphatic rings. The third kappa shape index (κ3) is 2.54. The molecule has 2 unspecified atom stereocenters. The van der Waals surface area contributed by atoms with Crippen LogP contribution in [0.15, 0.2) is 12.1 Å². The van der Waals surface area contributed by atoms with Crippen molar-refractivity contribution in [3.8, 4) is 18.1 Å². The Morgan fingerprint density at radius 3 is 2.65 bits per heavy atom. The molecule has 0 radical (unpaired) electrons. The van der Waals surface area contributed by atoms with E-state index in [-0.39, 0.29) is 28.3 Å². The van der Waals surface area contributed by atoms with Crippen molar-refractivity contribution >= 4 is 17.6 Å². The van der Waals surface area contributed by atoms with E-state index in [9.17, 15) is 18.0 Å². The molecule has 0 saturated heterocycles. The van der Waals surface area contributed by atoms with Crippen molar-refractivity contribution in [2.75, 3.05) is 0 Å². The highest BCUT2D eigenvalue weighted by atomic mass is 35.5. The molecule has 7 heteroatoms. The van der Waals surface area contributed by atoms with Gasteiger partial charge >= 0.3 is 12.1 Å². The van der Waals surface area contributed by atoms with Crippen molar-refractivity contribution in [1.29, 1.82) is 0 Å². The predicted octanol–water partition coefficient (Wildman–Crippen LogP) is 2.89. The summed E-state index contributed by atoms with van der Waals surface area (Å²) in [5, 5.41) is 9.16. The molecule has 3 nitrogen and oxygen atoms in total. The predicted molar refractivity (Wildman–Crippen MR) is 64.7 cm³/mol. The van der Waals surface area contributed by atoms with Gasteiger partial charge in [-0.15, -0.1) is 6.42 Å². The fourth-order valence-corrected chi connectivity index (χ4v) is 2.35. The van der Waals surface area contributed by atoms with Gasteiger partial charge in [0, 0.05) is 5.02 Å².